The van der Waals surface area contributed by atoms with Crippen LogP contribution in [-0.2, 0) is 4.79 Å². The largest absolute Gasteiger partial charge is 0.368 e. The summed E-state index contributed by atoms with van der Waals surface area (Å²) in [6.45, 7) is 0. The number of halogens is 1. The molecule has 0 aliphatic heterocycles. The van der Waals surface area contributed by atoms with Gasteiger partial charge in [-0.25, -0.2) is 0 Å². The van der Waals surface area contributed by atoms with Crippen LogP contribution in [0.15, 0.2) is 53.0 Å². The molecule has 0 aliphatic rings. The number of rotatable bonds is 4. The summed E-state index contributed by atoms with van der Waals surface area (Å²) in [4.78, 5) is 23.4. The standard InChI is InChI=1S/C15H13BrN2O2/c16-12-6-4-9(5-7-12)14(19)11-3-1-2-10(8-11)13(17)15(18)20/h1-8,13H,17H2,(H2,18,20). The first-order valence-electron chi connectivity index (χ1n) is 5.94. The van der Waals surface area contributed by atoms with Crippen molar-refractivity contribution in [3.05, 3.63) is 69.7 Å². The Balaban J connectivity index is 2.33. The van der Waals surface area contributed by atoms with Crippen LogP contribution in [0.3, 0.4) is 0 Å². The minimum atomic E-state index is -0.910. The molecule has 4 nitrogen and oxygen atoms in total. The Hall–Kier alpha value is -1.98. The molecular weight excluding hydrogens is 320 g/mol. The van der Waals surface area contributed by atoms with Crippen molar-refractivity contribution in [2.45, 2.75) is 6.04 Å². The van der Waals surface area contributed by atoms with E-state index in [1.54, 1.807) is 48.5 Å². The first-order chi connectivity index (χ1) is 9.49. The molecule has 0 fully saturated rings. The lowest BCUT2D eigenvalue weighted by Crippen LogP contribution is -2.28. The minimum absolute atomic E-state index is 0.129. The molecule has 2 rings (SSSR count). The van der Waals surface area contributed by atoms with Crippen molar-refractivity contribution in [3.8, 4) is 0 Å². The van der Waals surface area contributed by atoms with Gasteiger partial charge in [0.15, 0.2) is 5.78 Å². The van der Waals surface area contributed by atoms with Crippen molar-refractivity contribution >= 4 is 27.6 Å². The van der Waals surface area contributed by atoms with Crippen molar-refractivity contribution in [3.63, 3.8) is 0 Å². The Morgan fingerprint density at radius 3 is 2.25 bits per heavy atom. The van der Waals surface area contributed by atoms with Crippen molar-refractivity contribution in [1.29, 1.82) is 0 Å². The van der Waals surface area contributed by atoms with Crippen LogP contribution in [0.1, 0.15) is 27.5 Å². The fourth-order valence-corrected chi connectivity index (χ4v) is 2.07. The number of amides is 1. The highest BCUT2D eigenvalue weighted by atomic mass is 79.9. The first-order valence-corrected chi connectivity index (χ1v) is 6.73. The third-order valence-corrected chi connectivity index (χ3v) is 3.45. The molecule has 20 heavy (non-hydrogen) atoms. The molecule has 0 saturated heterocycles. The van der Waals surface area contributed by atoms with E-state index in [0.29, 0.717) is 16.7 Å². The normalized spacial score (nSPS) is 11.9. The SMILES string of the molecule is NC(=O)C(N)c1cccc(C(=O)c2ccc(Br)cc2)c1. The predicted molar refractivity (Wildman–Crippen MR) is 80.1 cm³/mol. The molecule has 1 amide bonds. The highest BCUT2D eigenvalue weighted by Gasteiger charge is 2.15. The van der Waals surface area contributed by atoms with Gasteiger partial charge in [-0.2, -0.15) is 0 Å². The third-order valence-electron chi connectivity index (χ3n) is 2.92. The van der Waals surface area contributed by atoms with Gasteiger partial charge in [0.1, 0.15) is 6.04 Å². The zero-order valence-corrected chi connectivity index (χ0v) is 12.1. The van der Waals surface area contributed by atoms with Gasteiger partial charge >= 0.3 is 0 Å². The predicted octanol–water partition coefficient (Wildman–Crippen LogP) is 2.17. The Bertz CT molecular complexity index is 653. The van der Waals surface area contributed by atoms with E-state index in [-0.39, 0.29) is 5.78 Å². The summed E-state index contributed by atoms with van der Waals surface area (Å²) in [7, 11) is 0. The van der Waals surface area contributed by atoms with E-state index < -0.39 is 11.9 Å². The molecule has 1 atom stereocenters. The number of hydrogen-bond acceptors (Lipinski definition) is 3. The monoisotopic (exact) mass is 332 g/mol. The van der Waals surface area contributed by atoms with Crippen LogP contribution >= 0.6 is 15.9 Å². The maximum absolute atomic E-state index is 12.3. The van der Waals surface area contributed by atoms with Crippen molar-refractivity contribution in [2.75, 3.05) is 0 Å². The zero-order valence-electron chi connectivity index (χ0n) is 10.5. The van der Waals surface area contributed by atoms with E-state index in [1.165, 1.54) is 0 Å². The molecule has 5 heteroatoms. The van der Waals surface area contributed by atoms with Crippen molar-refractivity contribution in [1.82, 2.24) is 0 Å². The van der Waals surface area contributed by atoms with E-state index in [0.717, 1.165) is 4.47 Å². The van der Waals surface area contributed by atoms with Crippen LogP contribution in [0, 0.1) is 0 Å². The Morgan fingerprint density at radius 1 is 1.00 bits per heavy atom. The van der Waals surface area contributed by atoms with Gasteiger partial charge in [0, 0.05) is 15.6 Å². The van der Waals surface area contributed by atoms with E-state index in [2.05, 4.69) is 15.9 Å². The quantitative estimate of drug-likeness (QED) is 0.841. The molecule has 2 aromatic carbocycles. The average molecular weight is 333 g/mol. The maximum Gasteiger partial charge on any atom is 0.238 e. The number of benzene rings is 2. The van der Waals surface area contributed by atoms with Crippen LogP contribution in [0.5, 0.6) is 0 Å². The van der Waals surface area contributed by atoms with Gasteiger partial charge in [0.25, 0.3) is 0 Å². The molecule has 0 aliphatic carbocycles. The van der Waals surface area contributed by atoms with Gasteiger partial charge in [-0.05, 0) is 35.9 Å². The lowest BCUT2D eigenvalue weighted by molar-refractivity contribution is -0.119. The van der Waals surface area contributed by atoms with Crippen LogP contribution < -0.4 is 11.5 Å². The first kappa shape index (κ1) is 14.4. The summed E-state index contributed by atoms with van der Waals surface area (Å²) >= 11 is 3.32. The smallest absolute Gasteiger partial charge is 0.238 e. The van der Waals surface area contributed by atoms with Gasteiger partial charge in [-0.15, -0.1) is 0 Å². The van der Waals surface area contributed by atoms with Gasteiger partial charge in [0.05, 0.1) is 0 Å². The van der Waals surface area contributed by atoms with Gasteiger partial charge < -0.3 is 11.5 Å². The Labute approximate surface area is 124 Å². The fourth-order valence-electron chi connectivity index (χ4n) is 1.81. The molecule has 2 aromatic rings. The van der Waals surface area contributed by atoms with E-state index >= 15 is 0 Å². The summed E-state index contributed by atoms with van der Waals surface area (Å²) in [6, 6.07) is 12.8. The second-order valence-corrected chi connectivity index (χ2v) is 5.26. The van der Waals surface area contributed by atoms with Crippen LogP contribution in [-0.4, -0.2) is 11.7 Å². The molecule has 102 valence electrons. The highest BCUT2D eigenvalue weighted by molar-refractivity contribution is 9.10. The molecule has 0 saturated carbocycles. The molecule has 0 heterocycles. The van der Waals surface area contributed by atoms with Crippen LogP contribution in [0.4, 0.5) is 0 Å². The molecule has 0 radical (unpaired) electrons. The summed E-state index contributed by atoms with van der Waals surface area (Å²) in [5.41, 5.74) is 12.4. The number of ketones is 1. The second kappa shape index (κ2) is 5.98. The Kier molecular flexibility index (Phi) is 4.32. The van der Waals surface area contributed by atoms with Crippen LogP contribution in [0.25, 0.3) is 0 Å². The highest BCUT2D eigenvalue weighted by Crippen LogP contribution is 2.17. The van der Waals surface area contributed by atoms with Crippen molar-refractivity contribution < 1.29 is 9.59 Å². The van der Waals surface area contributed by atoms with E-state index in [1.807, 2.05) is 0 Å². The number of hydrogen-bond donors (Lipinski definition) is 2. The molecule has 0 aromatic heterocycles. The van der Waals surface area contributed by atoms with E-state index in [4.69, 9.17) is 11.5 Å². The van der Waals surface area contributed by atoms with Crippen LogP contribution in [0.2, 0.25) is 0 Å². The minimum Gasteiger partial charge on any atom is -0.368 e. The molecule has 0 spiro atoms. The summed E-state index contributed by atoms with van der Waals surface area (Å²) in [6.07, 6.45) is 0. The van der Waals surface area contributed by atoms with Gasteiger partial charge in [-0.1, -0.05) is 34.1 Å². The topological polar surface area (TPSA) is 86.2 Å². The van der Waals surface area contributed by atoms with Gasteiger partial charge in [-0.3, -0.25) is 9.59 Å². The molecule has 4 N–H and O–H groups in total. The molecule has 0 bridgehead atoms. The maximum atomic E-state index is 12.3. The number of carbonyl (C=O) groups excluding carboxylic acids is 2. The molecule has 1 unspecified atom stereocenters. The second-order valence-electron chi connectivity index (χ2n) is 4.34. The fraction of sp³-hybridized carbons (Fsp3) is 0.0667. The van der Waals surface area contributed by atoms with Gasteiger partial charge in [0.2, 0.25) is 5.91 Å². The summed E-state index contributed by atoms with van der Waals surface area (Å²) < 4.78 is 0.901. The summed E-state index contributed by atoms with van der Waals surface area (Å²) in [5, 5.41) is 0. The number of primary amides is 1. The number of carbonyl (C=O) groups is 2. The average Bonchev–Trinajstić information content (AvgIpc) is 2.46. The summed E-state index contributed by atoms with van der Waals surface area (Å²) in [5.74, 6) is -0.755. The number of nitrogens with two attached hydrogens (primary N) is 2. The lowest BCUT2D eigenvalue weighted by atomic mass is 9.98. The lowest BCUT2D eigenvalue weighted by Gasteiger charge is -2.09. The molecular formula is C15H13BrN2O2. The third kappa shape index (κ3) is 3.12. The zero-order chi connectivity index (χ0) is 14.7. The Morgan fingerprint density at radius 2 is 1.65 bits per heavy atom. The van der Waals surface area contributed by atoms with Crippen molar-refractivity contribution in [2.24, 2.45) is 11.5 Å². The van der Waals surface area contributed by atoms with E-state index in [9.17, 15) is 9.59 Å².